The summed E-state index contributed by atoms with van der Waals surface area (Å²) in [6.07, 6.45) is -4.91. The number of aromatic hydroxyl groups is 1. The average molecular weight is 461 g/mol. The summed E-state index contributed by atoms with van der Waals surface area (Å²) in [7, 11) is 0. The predicted molar refractivity (Wildman–Crippen MR) is 101 cm³/mol. The van der Waals surface area contributed by atoms with Gasteiger partial charge in [0.05, 0.1) is 10.6 Å². The second-order valence-corrected chi connectivity index (χ2v) is 6.78. The maximum Gasteiger partial charge on any atom is 0.416 e. The van der Waals surface area contributed by atoms with E-state index >= 15 is 0 Å². The number of oxime groups is 1. The third-order valence-corrected chi connectivity index (χ3v) is 4.62. The van der Waals surface area contributed by atoms with Crippen LogP contribution in [0.3, 0.4) is 0 Å². The van der Waals surface area contributed by atoms with E-state index in [1.54, 1.807) is 0 Å². The third kappa shape index (κ3) is 4.38. The van der Waals surface area contributed by atoms with E-state index in [0.717, 1.165) is 18.2 Å². The van der Waals surface area contributed by atoms with Gasteiger partial charge in [0.25, 0.3) is 0 Å². The van der Waals surface area contributed by atoms with Crippen LogP contribution in [-0.2, 0) is 6.18 Å². The number of benzene rings is 3. The first-order valence-corrected chi connectivity index (χ1v) is 8.68. The Morgan fingerprint density at radius 3 is 2.03 bits per heavy atom. The zero-order valence-corrected chi connectivity index (χ0v) is 15.9. The van der Waals surface area contributed by atoms with Crippen LogP contribution in [0, 0.1) is 17.5 Å². The highest BCUT2D eigenvalue weighted by Crippen LogP contribution is 2.43. The van der Waals surface area contributed by atoms with Gasteiger partial charge in [-0.3, -0.25) is 0 Å². The molecule has 0 aliphatic heterocycles. The molecule has 3 rings (SSSR count). The van der Waals surface area contributed by atoms with Crippen molar-refractivity contribution in [3.05, 3.63) is 76.1 Å². The maximum absolute atomic E-state index is 14.1. The van der Waals surface area contributed by atoms with Crippen LogP contribution in [0.4, 0.5) is 26.3 Å². The third-order valence-electron chi connectivity index (χ3n) is 4.33. The van der Waals surface area contributed by atoms with Crippen LogP contribution in [0.2, 0.25) is 5.02 Å². The van der Waals surface area contributed by atoms with Crippen molar-refractivity contribution < 1.29 is 36.7 Å². The van der Waals surface area contributed by atoms with Gasteiger partial charge in [0.2, 0.25) is 0 Å². The lowest BCUT2D eigenvalue weighted by atomic mass is 9.87. The summed E-state index contributed by atoms with van der Waals surface area (Å²) < 4.78 is 82.4. The molecule has 0 saturated heterocycles. The Morgan fingerprint density at radius 1 is 0.903 bits per heavy atom. The van der Waals surface area contributed by atoms with Crippen LogP contribution >= 0.6 is 11.6 Å². The van der Waals surface area contributed by atoms with Gasteiger partial charge in [-0.05, 0) is 53.1 Å². The van der Waals surface area contributed by atoms with Gasteiger partial charge in [0, 0.05) is 17.2 Å². The van der Waals surface area contributed by atoms with Crippen molar-refractivity contribution in [1.29, 1.82) is 0 Å². The quantitative estimate of drug-likeness (QED) is 0.149. The van der Waals surface area contributed by atoms with E-state index in [-0.39, 0.29) is 22.3 Å². The van der Waals surface area contributed by atoms with Crippen LogP contribution in [0.15, 0.2) is 47.6 Å². The first-order chi connectivity index (χ1) is 14.4. The molecule has 0 bridgehead atoms. The molecule has 0 aromatic heterocycles. The highest BCUT2D eigenvalue weighted by atomic mass is 35.5. The van der Waals surface area contributed by atoms with E-state index in [1.165, 1.54) is 0 Å². The van der Waals surface area contributed by atoms with Crippen LogP contribution in [-0.4, -0.2) is 16.1 Å². The number of nitrogens with two attached hydrogens (primary N) is 1. The molecule has 31 heavy (non-hydrogen) atoms. The molecule has 0 amide bonds. The molecule has 162 valence electrons. The van der Waals surface area contributed by atoms with Gasteiger partial charge < -0.3 is 16.0 Å². The lowest BCUT2D eigenvalue weighted by Gasteiger charge is -2.19. The van der Waals surface area contributed by atoms with E-state index in [2.05, 4.69) is 5.16 Å². The summed E-state index contributed by atoms with van der Waals surface area (Å²) in [6, 6.07) is 4.91. The average Bonchev–Trinajstić information content (AvgIpc) is 2.68. The van der Waals surface area contributed by atoms with E-state index in [9.17, 15) is 31.4 Å². The Bertz CT molecular complexity index is 1170. The van der Waals surface area contributed by atoms with Gasteiger partial charge >= 0.3 is 6.18 Å². The molecule has 4 N–H and O–H groups in total. The molecule has 0 unspecified atom stereocenters. The molecular formula is C20H11ClF6N2O2. The molecule has 4 nitrogen and oxygen atoms in total. The molecule has 0 spiro atoms. The molecule has 0 radical (unpaired) electrons. The minimum absolute atomic E-state index is 0.266. The molecular weight excluding hydrogens is 450 g/mol. The number of halogens is 7. The summed E-state index contributed by atoms with van der Waals surface area (Å²) >= 11 is 5.76. The molecule has 0 atom stereocenters. The molecule has 0 aliphatic rings. The first-order valence-electron chi connectivity index (χ1n) is 8.30. The Labute approximate surface area is 175 Å². The topological polar surface area (TPSA) is 78.8 Å². The van der Waals surface area contributed by atoms with E-state index in [1.807, 2.05) is 0 Å². The van der Waals surface area contributed by atoms with E-state index < -0.39 is 51.4 Å². The Kier molecular flexibility index (Phi) is 5.77. The van der Waals surface area contributed by atoms with Crippen LogP contribution in [0.25, 0.3) is 22.3 Å². The zero-order chi connectivity index (χ0) is 23.1. The zero-order valence-electron chi connectivity index (χ0n) is 15.1. The predicted octanol–water partition coefficient (Wildman–Crippen LogP) is 5.91. The van der Waals surface area contributed by atoms with Gasteiger partial charge in [0.15, 0.2) is 17.4 Å². The number of phenols is 1. The van der Waals surface area contributed by atoms with Gasteiger partial charge in [-0.25, -0.2) is 13.2 Å². The summed E-state index contributed by atoms with van der Waals surface area (Å²) in [4.78, 5) is 0. The van der Waals surface area contributed by atoms with Crippen LogP contribution < -0.4 is 5.73 Å². The van der Waals surface area contributed by atoms with Gasteiger partial charge in [0.1, 0.15) is 11.6 Å². The fourth-order valence-electron chi connectivity index (χ4n) is 3.02. The van der Waals surface area contributed by atoms with Crippen molar-refractivity contribution in [2.75, 3.05) is 0 Å². The van der Waals surface area contributed by atoms with Crippen molar-refractivity contribution in [3.63, 3.8) is 0 Å². The Hall–Kier alpha value is -3.40. The normalized spacial score (nSPS) is 12.3. The highest BCUT2D eigenvalue weighted by Gasteiger charge is 2.33. The van der Waals surface area contributed by atoms with E-state index in [0.29, 0.717) is 24.3 Å². The van der Waals surface area contributed by atoms with Crippen molar-refractivity contribution in [2.24, 2.45) is 10.9 Å². The number of nitrogens with zero attached hydrogens (tertiary/aromatic N) is 1. The van der Waals surface area contributed by atoms with Gasteiger partial charge in [-0.2, -0.15) is 13.2 Å². The molecule has 3 aromatic rings. The second-order valence-electron chi connectivity index (χ2n) is 6.38. The lowest BCUT2D eigenvalue weighted by Crippen LogP contribution is -2.17. The number of alkyl halides is 3. The van der Waals surface area contributed by atoms with Crippen molar-refractivity contribution >= 4 is 17.4 Å². The minimum atomic E-state index is -4.91. The molecule has 0 aliphatic carbocycles. The Morgan fingerprint density at radius 2 is 1.52 bits per heavy atom. The number of phenolic OH excluding ortho intramolecular Hbond substituents is 1. The summed E-state index contributed by atoms with van der Waals surface area (Å²) in [5.41, 5.74) is 2.55. The standard InChI is InChI=1S/C20H11ClF6N2O2/c21-15-3-8(4-16(24)18(15)30)13-5-10(20(25,26)27)6-14(19(28)29-31)17(13)9-1-11(22)7-12(23)2-9/h1-7,30-31H,(H2,28,29). The van der Waals surface area contributed by atoms with Crippen molar-refractivity contribution in [3.8, 4) is 28.0 Å². The number of hydrogen-bond acceptors (Lipinski definition) is 3. The Balaban J connectivity index is 2.52. The molecule has 11 heteroatoms. The molecule has 3 aromatic carbocycles. The molecule has 0 fully saturated rings. The van der Waals surface area contributed by atoms with Crippen molar-refractivity contribution in [1.82, 2.24) is 0 Å². The fourth-order valence-corrected chi connectivity index (χ4v) is 3.23. The summed E-state index contributed by atoms with van der Waals surface area (Å²) in [5.74, 6) is -5.09. The second kappa shape index (κ2) is 8.03. The van der Waals surface area contributed by atoms with Gasteiger partial charge in [-0.1, -0.05) is 16.8 Å². The van der Waals surface area contributed by atoms with Crippen LogP contribution in [0.5, 0.6) is 5.75 Å². The summed E-state index contributed by atoms with van der Waals surface area (Å²) in [5, 5.41) is 20.8. The monoisotopic (exact) mass is 460 g/mol. The number of hydrogen-bond donors (Lipinski definition) is 3. The SMILES string of the molecule is NC(=NO)c1cc(C(F)(F)F)cc(-c2cc(F)c(O)c(Cl)c2)c1-c1cc(F)cc(F)c1. The largest absolute Gasteiger partial charge is 0.504 e. The van der Waals surface area contributed by atoms with Crippen molar-refractivity contribution in [2.45, 2.75) is 6.18 Å². The van der Waals surface area contributed by atoms with Gasteiger partial charge in [-0.15, -0.1) is 0 Å². The first kappa shape index (κ1) is 22.3. The maximum atomic E-state index is 14.1. The molecule has 0 heterocycles. The highest BCUT2D eigenvalue weighted by molar-refractivity contribution is 6.32. The summed E-state index contributed by atoms with van der Waals surface area (Å²) in [6.45, 7) is 0. The minimum Gasteiger partial charge on any atom is -0.504 e. The fraction of sp³-hybridized carbons (Fsp3) is 0.0500. The molecule has 0 saturated carbocycles. The van der Waals surface area contributed by atoms with Crippen LogP contribution in [0.1, 0.15) is 11.1 Å². The van der Waals surface area contributed by atoms with E-state index in [4.69, 9.17) is 22.5 Å². The number of amidine groups is 1. The lowest BCUT2D eigenvalue weighted by molar-refractivity contribution is -0.137. The number of rotatable bonds is 3. The smallest absolute Gasteiger partial charge is 0.416 e.